The van der Waals surface area contributed by atoms with Gasteiger partial charge < -0.3 is 18.9 Å². The molecule has 0 fully saturated rings. The van der Waals surface area contributed by atoms with E-state index in [0.29, 0.717) is 24.9 Å². The van der Waals surface area contributed by atoms with Gasteiger partial charge in [0, 0.05) is 17.8 Å². The Morgan fingerprint density at radius 3 is 1.97 bits per heavy atom. The Morgan fingerprint density at radius 1 is 1.00 bits per heavy atom. The number of aliphatic hydroxyl groups is 1. The monoisotopic (exact) mass is 448 g/mol. The van der Waals surface area contributed by atoms with Crippen molar-refractivity contribution in [3.63, 3.8) is 0 Å². The summed E-state index contributed by atoms with van der Waals surface area (Å²) in [5.74, 6) is -0.531. The fourth-order valence-electron chi connectivity index (χ4n) is 3.79. The number of rotatable bonds is 18. The number of aliphatic hydroxyl groups excluding tert-OH is 1. The van der Waals surface area contributed by atoms with Gasteiger partial charge in [-0.3, -0.25) is 0 Å². The van der Waals surface area contributed by atoms with Crippen molar-refractivity contribution in [2.75, 3.05) is 19.4 Å². The molecule has 1 N–H and O–H groups in total. The molecular weight excluding hydrogens is 407 g/mol. The van der Waals surface area contributed by atoms with Gasteiger partial charge in [-0.25, -0.2) is 4.79 Å². The number of hydrogen-bond donors (Lipinski definition) is 1. The molecule has 0 aromatic heterocycles. The van der Waals surface area contributed by atoms with Crippen molar-refractivity contribution >= 4 is 24.3 Å². The summed E-state index contributed by atoms with van der Waals surface area (Å²) in [7, 11) is 0. The van der Waals surface area contributed by atoms with E-state index in [2.05, 4.69) is 6.92 Å². The van der Waals surface area contributed by atoms with Crippen LogP contribution < -0.4 is 0 Å². The molecule has 0 aromatic carbocycles. The fourth-order valence-corrected chi connectivity index (χ4v) is 6.96. The third-order valence-corrected chi connectivity index (χ3v) is 8.54. The lowest BCUT2D eigenvalue weighted by molar-refractivity contribution is -0.151. The van der Waals surface area contributed by atoms with E-state index < -0.39 is 18.8 Å². The molecule has 1 rings (SSSR count). The lowest BCUT2D eigenvalue weighted by Gasteiger charge is -2.27. The largest absolute Gasteiger partial charge is 0.429 e. The van der Waals surface area contributed by atoms with E-state index in [1.165, 1.54) is 57.4 Å². The lowest BCUT2D eigenvalue weighted by atomic mass is 9.94. The zero-order valence-corrected chi connectivity index (χ0v) is 20.3. The first-order valence-electron chi connectivity index (χ1n) is 11.4. The highest BCUT2D eigenvalue weighted by molar-refractivity contribution is 8.09. The second-order valence-corrected chi connectivity index (χ2v) is 11.5. The summed E-state index contributed by atoms with van der Waals surface area (Å²) in [5, 5.41) is 10.1. The van der Waals surface area contributed by atoms with Crippen LogP contribution in [-0.2, 0) is 30.4 Å². The SMILES string of the molecule is CCCCCCCCCCCCC(CP(=S)(OCC)OCC)C1=CC(=O)OC1O. The number of unbranched alkanes of at least 4 members (excludes halogenated alkanes) is 9. The van der Waals surface area contributed by atoms with Gasteiger partial charge in [-0.15, -0.1) is 0 Å². The highest BCUT2D eigenvalue weighted by atomic mass is 32.5. The Kier molecular flexibility index (Phi) is 14.3. The highest BCUT2D eigenvalue weighted by Crippen LogP contribution is 2.52. The van der Waals surface area contributed by atoms with Crippen molar-refractivity contribution in [1.29, 1.82) is 0 Å². The molecule has 7 heteroatoms. The van der Waals surface area contributed by atoms with Crippen LogP contribution in [0.15, 0.2) is 11.6 Å². The molecule has 0 spiro atoms. The van der Waals surface area contributed by atoms with Gasteiger partial charge in [0.15, 0.2) is 6.49 Å². The molecule has 0 amide bonds. The van der Waals surface area contributed by atoms with E-state index in [4.69, 9.17) is 25.6 Å². The van der Waals surface area contributed by atoms with Crippen LogP contribution in [0.25, 0.3) is 0 Å². The predicted molar refractivity (Wildman–Crippen MR) is 123 cm³/mol. The van der Waals surface area contributed by atoms with Crippen molar-refractivity contribution in [3.8, 4) is 0 Å². The van der Waals surface area contributed by atoms with Crippen molar-refractivity contribution in [3.05, 3.63) is 11.6 Å². The third kappa shape index (κ3) is 11.1. The second kappa shape index (κ2) is 15.5. The van der Waals surface area contributed by atoms with Crippen LogP contribution in [-0.4, -0.2) is 36.7 Å². The molecule has 0 bridgehead atoms. The van der Waals surface area contributed by atoms with Gasteiger partial charge in [0.2, 0.25) is 6.29 Å². The molecule has 1 heterocycles. The molecule has 170 valence electrons. The van der Waals surface area contributed by atoms with Crippen LogP contribution in [0.1, 0.15) is 91.4 Å². The van der Waals surface area contributed by atoms with Gasteiger partial charge in [-0.1, -0.05) is 71.1 Å². The summed E-state index contributed by atoms with van der Waals surface area (Å²) in [5.41, 5.74) is 0.625. The van der Waals surface area contributed by atoms with E-state index in [9.17, 15) is 9.90 Å². The minimum absolute atomic E-state index is 0.0468. The van der Waals surface area contributed by atoms with Crippen LogP contribution in [0.3, 0.4) is 0 Å². The molecule has 0 aromatic rings. The summed E-state index contributed by atoms with van der Waals surface area (Å²) < 4.78 is 16.5. The standard InChI is InChI=1S/C22H41O5PS/c1-4-7-8-9-10-11-12-13-14-15-16-19(20-17-21(23)27-22(20)24)18-28(29,25-5-2)26-6-3/h17,19,22,24H,4-16,18H2,1-3H3. The summed E-state index contributed by atoms with van der Waals surface area (Å²) in [6, 6.07) is 0. The maximum atomic E-state index is 11.6. The van der Waals surface area contributed by atoms with E-state index in [1.807, 2.05) is 13.8 Å². The Balaban J connectivity index is 2.48. The highest BCUT2D eigenvalue weighted by Gasteiger charge is 2.34. The molecule has 0 saturated heterocycles. The van der Waals surface area contributed by atoms with E-state index in [1.54, 1.807) is 0 Å². The van der Waals surface area contributed by atoms with Crippen molar-refractivity contribution in [2.45, 2.75) is 97.7 Å². The zero-order chi connectivity index (χ0) is 21.5. The molecule has 0 aliphatic carbocycles. The summed E-state index contributed by atoms with van der Waals surface area (Å²) in [6.07, 6.45) is 14.3. The Morgan fingerprint density at radius 2 is 1.52 bits per heavy atom. The molecule has 2 unspecified atom stereocenters. The number of carbonyl (C=O) groups is 1. The third-order valence-electron chi connectivity index (χ3n) is 5.27. The van der Waals surface area contributed by atoms with Crippen LogP contribution >= 0.6 is 6.49 Å². The average molecular weight is 449 g/mol. The fraction of sp³-hybridized carbons (Fsp3) is 0.864. The molecule has 1 aliphatic heterocycles. The van der Waals surface area contributed by atoms with Gasteiger partial charge in [0.05, 0.1) is 13.2 Å². The lowest BCUT2D eigenvalue weighted by Crippen LogP contribution is -2.20. The first-order chi connectivity index (χ1) is 14.0. The first kappa shape index (κ1) is 26.8. The summed E-state index contributed by atoms with van der Waals surface area (Å²) in [6.45, 7) is 4.63. The van der Waals surface area contributed by atoms with Gasteiger partial charge in [0.1, 0.15) is 0 Å². The van der Waals surface area contributed by atoms with E-state index in [-0.39, 0.29) is 5.92 Å². The number of cyclic esters (lactones) is 1. The van der Waals surface area contributed by atoms with E-state index >= 15 is 0 Å². The Bertz CT molecular complexity index is 527. The molecule has 1 aliphatic rings. The van der Waals surface area contributed by atoms with Crippen LogP contribution in [0.2, 0.25) is 0 Å². The number of esters is 1. The summed E-state index contributed by atoms with van der Waals surface area (Å²) in [4.78, 5) is 11.6. The molecule has 0 radical (unpaired) electrons. The second-order valence-electron chi connectivity index (χ2n) is 7.73. The van der Waals surface area contributed by atoms with Crippen LogP contribution in [0.5, 0.6) is 0 Å². The first-order valence-corrected chi connectivity index (χ1v) is 14.3. The van der Waals surface area contributed by atoms with Crippen molar-refractivity contribution in [2.24, 2.45) is 5.92 Å². The van der Waals surface area contributed by atoms with Crippen molar-refractivity contribution in [1.82, 2.24) is 0 Å². The minimum Gasteiger partial charge on any atom is -0.429 e. The normalized spacial score (nSPS) is 18.0. The predicted octanol–water partition coefficient (Wildman–Crippen LogP) is 6.10. The van der Waals surface area contributed by atoms with Gasteiger partial charge in [-0.2, -0.15) is 0 Å². The smallest absolute Gasteiger partial charge is 0.333 e. The number of ether oxygens (including phenoxy) is 1. The maximum absolute atomic E-state index is 11.6. The van der Waals surface area contributed by atoms with Gasteiger partial charge >= 0.3 is 5.97 Å². The minimum atomic E-state index is -2.44. The average Bonchev–Trinajstić information content (AvgIpc) is 3.00. The van der Waals surface area contributed by atoms with Gasteiger partial charge in [-0.05, 0) is 38.0 Å². The van der Waals surface area contributed by atoms with Crippen LogP contribution in [0, 0.1) is 5.92 Å². The molecule has 2 atom stereocenters. The number of carbonyl (C=O) groups excluding carboxylic acids is 1. The van der Waals surface area contributed by atoms with Gasteiger partial charge in [0.25, 0.3) is 0 Å². The Labute approximate surface area is 182 Å². The quantitative estimate of drug-likeness (QED) is 0.155. The van der Waals surface area contributed by atoms with E-state index in [0.717, 1.165) is 19.3 Å². The summed E-state index contributed by atoms with van der Waals surface area (Å²) >= 11 is 5.69. The zero-order valence-electron chi connectivity index (χ0n) is 18.6. The molecule has 5 nitrogen and oxygen atoms in total. The topological polar surface area (TPSA) is 65.0 Å². The maximum Gasteiger partial charge on any atom is 0.333 e. The molecular formula is C22H41O5PS. The van der Waals surface area contributed by atoms with Crippen LogP contribution in [0.4, 0.5) is 0 Å². The molecule has 29 heavy (non-hydrogen) atoms. The molecule has 0 saturated carbocycles. The van der Waals surface area contributed by atoms with Crippen molar-refractivity contribution < 1.29 is 23.7 Å². The Hall–Kier alpha value is -0.260. The number of hydrogen-bond acceptors (Lipinski definition) is 6.